The fraction of sp³-hybridized carbons (Fsp3) is 0.261. The lowest BCUT2D eigenvalue weighted by atomic mass is 9.70. The maximum atomic E-state index is 13.2. The molecule has 0 saturated carbocycles. The van der Waals surface area contributed by atoms with Gasteiger partial charge in [0.1, 0.15) is 17.3 Å². The summed E-state index contributed by atoms with van der Waals surface area (Å²) in [6.45, 7) is 4.02. The molecule has 0 amide bonds. The van der Waals surface area contributed by atoms with E-state index in [-0.39, 0.29) is 22.6 Å². The first-order valence-electron chi connectivity index (χ1n) is 10.1. The second-order valence-electron chi connectivity index (χ2n) is 8.95. The molecule has 1 unspecified atom stereocenters. The number of anilines is 1. The predicted molar refractivity (Wildman–Crippen MR) is 122 cm³/mol. The molecule has 3 heterocycles. The van der Waals surface area contributed by atoms with Crippen LogP contribution in [0.4, 0.5) is 5.82 Å². The summed E-state index contributed by atoms with van der Waals surface area (Å²) in [7, 11) is 0. The Balaban J connectivity index is 1.71. The molecule has 7 nitrogen and oxygen atoms in total. The number of halogens is 2. The lowest BCUT2D eigenvalue weighted by Gasteiger charge is -2.37. The fourth-order valence-electron chi connectivity index (χ4n) is 4.59. The van der Waals surface area contributed by atoms with Crippen LogP contribution in [0.1, 0.15) is 43.9 Å². The molecule has 164 valence electrons. The Morgan fingerprint density at radius 2 is 1.72 bits per heavy atom. The zero-order valence-electron chi connectivity index (χ0n) is 17.3. The normalized spacial score (nSPS) is 19.4. The van der Waals surface area contributed by atoms with Crippen molar-refractivity contribution in [2.24, 2.45) is 5.41 Å². The maximum Gasteiger partial charge on any atom is 0.327 e. The summed E-state index contributed by atoms with van der Waals surface area (Å²) in [5.74, 6) is 0.368. The van der Waals surface area contributed by atoms with Crippen LogP contribution in [0.15, 0.2) is 55.6 Å². The van der Waals surface area contributed by atoms with Gasteiger partial charge in [0.15, 0.2) is 5.78 Å². The molecule has 2 aliphatic rings. The van der Waals surface area contributed by atoms with Crippen LogP contribution in [0.2, 0.25) is 10.0 Å². The van der Waals surface area contributed by atoms with Crippen molar-refractivity contribution >= 4 is 34.8 Å². The van der Waals surface area contributed by atoms with Crippen molar-refractivity contribution in [3.8, 4) is 11.3 Å². The number of carbonyl (C=O) groups is 1. The van der Waals surface area contributed by atoms with Gasteiger partial charge in [-0.3, -0.25) is 19.6 Å². The summed E-state index contributed by atoms with van der Waals surface area (Å²) in [5.41, 5.74) is 0.629. The molecule has 0 saturated heterocycles. The Bertz CT molecular complexity index is 1410. The quantitative estimate of drug-likeness (QED) is 0.495. The minimum atomic E-state index is -0.756. The average Bonchev–Trinajstić information content (AvgIpc) is 3.14. The van der Waals surface area contributed by atoms with E-state index in [4.69, 9.17) is 27.6 Å². The van der Waals surface area contributed by atoms with Crippen molar-refractivity contribution in [2.75, 3.05) is 5.32 Å². The molecular formula is C23H19Cl2N3O4. The van der Waals surface area contributed by atoms with Crippen LogP contribution in [-0.4, -0.2) is 15.8 Å². The lowest BCUT2D eigenvalue weighted by molar-refractivity contribution is -0.118. The average molecular weight is 472 g/mol. The number of furan rings is 1. The van der Waals surface area contributed by atoms with Gasteiger partial charge >= 0.3 is 5.69 Å². The smallest absolute Gasteiger partial charge is 0.327 e. The highest BCUT2D eigenvalue weighted by Gasteiger charge is 2.43. The molecule has 1 atom stereocenters. The number of nitrogens with one attached hydrogen (secondary N) is 3. The highest BCUT2D eigenvalue weighted by molar-refractivity contribution is 6.35. The number of hydrogen-bond donors (Lipinski definition) is 3. The van der Waals surface area contributed by atoms with Crippen LogP contribution in [0.5, 0.6) is 0 Å². The van der Waals surface area contributed by atoms with E-state index in [1.54, 1.807) is 30.3 Å². The Labute approximate surface area is 192 Å². The largest absolute Gasteiger partial charge is 0.460 e. The molecule has 0 spiro atoms. The number of H-pyrrole nitrogens is 2. The van der Waals surface area contributed by atoms with Crippen LogP contribution in [0, 0.1) is 5.41 Å². The number of rotatable bonds is 2. The van der Waals surface area contributed by atoms with Gasteiger partial charge in [-0.1, -0.05) is 37.0 Å². The fourth-order valence-corrected chi connectivity index (χ4v) is 5.12. The van der Waals surface area contributed by atoms with E-state index in [1.165, 1.54) is 0 Å². The van der Waals surface area contributed by atoms with Crippen molar-refractivity contribution in [2.45, 2.75) is 32.6 Å². The number of aromatic amines is 2. The van der Waals surface area contributed by atoms with E-state index in [0.717, 1.165) is 0 Å². The Hall–Kier alpha value is -3.03. The second-order valence-corrected chi connectivity index (χ2v) is 9.82. The van der Waals surface area contributed by atoms with E-state index in [9.17, 15) is 14.4 Å². The van der Waals surface area contributed by atoms with Crippen LogP contribution in [0.25, 0.3) is 11.3 Å². The van der Waals surface area contributed by atoms with Gasteiger partial charge in [0, 0.05) is 33.3 Å². The van der Waals surface area contributed by atoms with Gasteiger partial charge in [-0.05, 0) is 42.2 Å². The van der Waals surface area contributed by atoms with Gasteiger partial charge in [-0.15, -0.1) is 0 Å². The molecule has 1 aliphatic heterocycles. The summed E-state index contributed by atoms with van der Waals surface area (Å²) >= 11 is 12.3. The third-order valence-corrected chi connectivity index (χ3v) is 6.25. The number of Topliss-reactive ketones (excluding diaryl/α,β-unsaturated/α-hetero) is 1. The van der Waals surface area contributed by atoms with E-state index in [0.29, 0.717) is 51.2 Å². The van der Waals surface area contributed by atoms with Gasteiger partial charge in [0.2, 0.25) is 0 Å². The summed E-state index contributed by atoms with van der Waals surface area (Å²) in [4.78, 5) is 42.9. The lowest BCUT2D eigenvalue weighted by Crippen LogP contribution is -2.38. The van der Waals surface area contributed by atoms with Gasteiger partial charge in [-0.2, -0.15) is 0 Å². The Morgan fingerprint density at radius 3 is 2.44 bits per heavy atom. The molecule has 3 N–H and O–H groups in total. The van der Waals surface area contributed by atoms with Crippen molar-refractivity contribution < 1.29 is 9.21 Å². The van der Waals surface area contributed by atoms with Crippen molar-refractivity contribution in [3.05, 3.63) is 83.8 Å². The molecular weight excluding hydrogens is 453 g/mol. The van der Waals surface area contributed by atoms with E-state index < -0.39 is 17.2 Å². The predicted octanol–water partition coefficient (Wildman–Crippen LogP) is 4.83. The van der Waals surface area contributed by atoms with Crippen LogP contribution in [-0.2, 0) is 4.79 Å². The summed E-state index contributed by atoms with van der Waals surface area (Å²) in [6.07, 6.45) is 0.939. The zero-order valence-corrected chi connectivity index (χ0v) is 18.8. The highest BCUT2D eigenvalue weighted by atomic mass is 35.5. The van der Waals surface area contributed by atoms with Crippen LogP contribution < -0.4 is 16.6 Å². The molecule has 2 aromatic heterocycles. The van der Waals surface area contributed by atoms with Gasteiger partial charge in [0.25, 0.3) is 5.56 Å². The monoisotopic (exact) mass is 471 g/mol. The van der Waals surface area contributed by atoms with Crippen molar-refractivity contribution in [1.82, 2.24) is 9.97 Å². The summed E-state index contributed by atoms with van der Waals surface area (Å²) < 4.78 is 6.13. The van der Waals surface area contributed by atoms with Gasteiger partial charge in [0.05, 0.1) is 11.5 Å². The van der Waals surface area contributed by atoms with Crippen molar-refractivity contribution in [1.29, 1.82) is 0 Å². The molecule has 3 aromatic rings. The van der Waals surface area contributed by atoms with E-state index >= 15 is 0 Å². The van der Waals surface area contributed by atoms with Crippen LogP contribution in [0.3, 0.4) is 0 Å². The SMILES string of the molecule is CC1(C)CC(=O)C2=C(C1)Nc1[nH]c(=O)[nH]c(=O)c1C2c1ccc(-c2cc(Cl)cc(Cl)c2)o1. The molecule has 5 rings (SSSR count). The maximum absolute atomic E-state index is 13.2. The first-order chi connectivity index (χ1) is 15.1. The van der Waals surface area contributed by atoms with Crippen LogP contribution >= 0.6 is 23.2 Å². The summed E-state index contributed by atoms with van der Waals surface area (Å²) in [6, 6.07) is 8.53. The molecule has 1 aromatic carbocycles. The number of hydrogen-bond acceptors (Lipinski definition) is 5. The van der Waals surface area contributed by atoms with Gasteiger partial charge < -0.3 is 9.73 Å². The molecule has 0 bridgehead atoms. The number of allylic oxidation sites excluding steroid dienone is 2. The Kier molecular flexibility index (Phi) is 4.72. The number of aromatic nitrogens is 2. The number of fused-ring (bicyclic) bond motifs is 1. The molecule has 0 fully saturated rings. The first-order valence-corrected chi connectivity index (χ1v) is 10.8. The minimum absolute atomic E-state index is 0.0613. The van der Waals surface area contributed by atoms with E-state index in [1.807, 2.05) is 13.8 Å². The van der Waals surface area contributed by atoms with Crippen molar-refractivity contribution in [3.63, 3.8) is 0 Å². The van der Waals surface area contributed by atoms with E-state index in [2.05, 4.69) is 15.3 Å². The first kappa shape index (κ1) is 20.8. The highest BCUT2D eigenvalue weighted by Crippen LogP contribution is 2.48. The molecule has 32 heavy (non-hydrogen) atoms. The minimum Gasteiger partial charge on any atom is -0.460 e. The molecule has 1 aliphatic carbocycles. The summed E-state index contributed by atoms with van der Waals surface area (Å²) in [5, 5.41) is 4.05. The third-order valence-electron chi connectivity index (χ3n) is 5.81. The second kappa shape index (κ2) is 7.25. The molecule has 0 radical (unpaired) electrons. The molecule has 9 heteroatoms. The standard InChI is InChI=1S/C23H19Cl2N3O4/c1-23(2)8-13-17(14(29)9-23)18(19-20(26-13)27-22(31)28-21(19)30)16-4-3-15(32-16)10-5-11(24)7-12(25)6-10/h3-7,18H,8-9H2,1-2H3,(H3,26,27,28,30,31). The third kappa shape index (κ3) is 3.51. The topological polar surface area (TPSA) is 108 Å². The van der Waals surface area contributed by atoms with Gasteiger partial charge in [-0.25, -0.2) is 4.79 Å². The number of benzene rings is 1. The number of carbonyl (C=O) groups excluding carboxylic acids is 1. The number of ketones is 1. The Morgan fingerprint density at radius 1 is 1.00 bits per heavy atom. The zero-order chi connectivity index (χ0) is 22.8.